The summed E-state index contributed by atoms with van der Waals surface area (Å²) in [6, 6.07) is 10.1. The van der Waals surface area contributed by atoms with Crippen molar-refractivity contribution >= 4 is 18.3 Å². The van der Waals surface area contributed by atoms with Gasteiger partial charge in [-0.2, -0.15) is 0 Å². The number of hydrogen-bond donors (Lipinski definition) is 2. The average Bonchev–Trinajstić information content (AvgIpc) is 3.41. The third kappa shape index (κ3) is 3.68. The number of benzene rings is 1. The molecule has 0 saturated carbocycles. The number of piperidine rings is 1. The van der Waals surface area contributed by atoms with Crippen molar-refractivity contribution in [3.8, 4) is 11.1 Å². The first kappa shape index (κ1) is 19.7. The Bertz CT molecular complexity index is 974. The summed E-state index contributed by atoms with van der Waals surface area (Å²) < 4.78 is 2.26. The minimum absolute atomic E-state index is 0. The Balaban J connectivity index is 0.00000205. The van der Waals surface area contributed by atoms with Gasteiger partial charge in [0.15, 0.2) is 0 Å². The molecule has 5 rings (SSSR count). The maximum Gasteiger partial charge on any atom is 0.256 e. The summed E-state index contributed by atoms with van der Waals surface area (Å²) in [5.41, 5.74) is 2.77. The Morgan fingerprint density at radius 2 is 1.83 bits per heavy atom. The SMILES string of the molecule is Cl.O=C(c1c[nH]cc1-c1ccccc1)N1CCC(c2nnc3n2CCNC3)CC1. The topological polar surface area (TPSA) is 78.8 Å². The molecule has 2 aliphatic heterocycles. The lowest BCUT2D eigenvalue weighted by molar-refractivity contribution is 0.0711. The zero-order valence-electron chi connectivity index (χ0n) is 16.2. The van der Waals surface area contributed by atoms with Gasteiger partial charge in [0.1, 0.15) is 11.6 Å². The lowest BCUT2D eigenvalue weighted by Gasteiger charge is -2.32. The number of likely N-dealkylation sites (tertiary alicyclic amines) is 1. The fraction of sp³-hybridized carbons (Fsp3) is 0.381. The Hall–Kier alpha value is -2.64. The van der Waals surface area contributed by atoms with Crippen molar-refractivity contribution in [2.24, 2.45) is 0 Å². The first-order valence-electron chi connectivity index (χ1n) is 9.95. The van der Waals surface area contributed by atoms with Crippen LogP contribution >= 0.6 is 12.4 Å². The Morgan fingerprint density at radius 3 is 2.62 bits per heavy atom. The number of nitrogens with zero attached hydrogens (tertiary/aromatic N) is 4. The molecule has 2 N–H and O–H groups in total. The van der Waals surface area contributed by atoms with Crippen LogP contribution in [0.3, 0.4) is 0 Å². The lowest BCUT2D eigenvalue weighted by atomic mass is 9.95. The summed E-state index contributed by atoms with van der Waals surface area (Å²) in [7, 11) is 0. The molecule has 8 heteroatoms. The molecule has 152 valence electrons. The van der Waals surface area contributed by atoms with Gasteiger partial charge in [-0.25, -0.2) is 0 Å². The zero-order chi connectivity index (χ0) is 18.9. The second kappa shape index (κ2) is 8.39. The largest absolute Gasteiger partial charge is 0.366 e. The van der Waals surface area contributed by atoms with E-state index in [1.807, 2.05) is 47.6 Å². The van der Waals surface area contributed by atoms with Crippen LogP contribution in [0.5, 0.6) is 0 Å². The highest BCUT2D eigenvalue weighted by atomic mass is 35.5. The molecule has 0 spiro atoms. The Morgan fingerprint density at radius 1 is 1.03 bits per heavy atom. The van der Waals surface area contributed by atoms with Crippen LogP contribution in [0, 0.1) is 0 Å². The predicted molar refractivity (Wildman–Crippen MR) is 113 cm³/mol. The number of aromatic nitrogens is 4. The maximum absolute atomic E-state index is 13.1. The van der Waals surface area contributed by atoms with E-state index in [1.54, 1.807) is 0 Å². The normalized spacial score (nSPS) is 16.9. The number of carbonyl (C=O) groups excluding carboxylic acids is 1. The van der Waals surface area contributed by atoms with Crippen molar-refractivity contribution in [2.75, 3.05) is 19.6 Å². The van der Waals surface area contributed by atoms with Crippen LogP contribution < -0.4 is 5.32 Å². The molecule has 3 aromatic rings. The molecule has 29 heavy (non-hydrogen) atoms. The molecule has 4 heterocycles. The minimum Gasteiger partial charge on any atom is -0.366 e. The highest BCUT2D eigenvalue weighted by molar-refractivity contribution is 6.00. The molecule has 1 amide bonds. The van der Waals surface area contributed by atoms with Crippen LogP contribution in [0.25, 0.3) is 11.1 Å². The summed E-state index contributed by atoms with van der Waals surface area (Å²) in [6.07, 6.45) is 5.59. The van der Waals surface area contributed by atoms with Crippen LogP contribution in [-0.2, 0) is 13.1 Å². The molecule has 0 unspecified atom stereocenters. The lowest BCUT2D eigenvalue weighted by Crippen LogP contribution is -2.39. The first-order chi connectivity index (χ1) is 13.8. The molecule has 7 nitrogen and oxygen atoms in total. The van der Waals surface area contributed by atoms with Gasteiger partial charge in [0.25, 0.3) is 5.91 Å². The van der Waals surface area contributed by atoms with E-state index < -0.39 is 0 Å². The number of H-pyrrole nitrogens is 1. The Kier molecular flexibility index (Phi) is 5.69. The number of hydrogen-bond acceptors (Lipinski definition) is 4. The summed E-state index contributed by atoms with van der Waals surface area (Å²) in [4.78, 5) is 18.2. The second-order valence-electron chi connectivity index (χ2n) is 7.52. The molecule has 2 aliphatic rings. The number of amides is 1. The molecule has 0 bridgehead atoms. The minimum atomic E-state index is 0. The fourth-order valence-electron chi connectivity index (χ4n) is 4.33. The smallest absolute Gasteiger partial charge is 0.256 e. The number of halogens is 1. The Labute approximate surface area is 175 Å². The molecular weight excluding hydrogens is 388 g/mol. The van der Waals surface area contributed by atoms with Crippen molar-refractivity contribution in [3.63, 3.8) is 0 Å². The number of nitrogens with one attached hydrogen (secondary N) is 2. The number of carbonyl (C=O) groups is 1. The highest BCUT2D eigenvalue weighted by Crippen LogP contribution is 2.30. The fourth-order valence-corrected chi connectivity index (χ4v) is 4.33. The maximum atomic E-state index is 13.1. The van der Waals surface area contributed by atoms with E-state index in [2.05, 4.69) is 25.1 Å². The second-order valence-corrected chi connectivity index (χ2v) is 7.52. The van der Waals surface area contributed by atoms with Crippen molar-refractivity contribution in [2.45, 2.75) is 31.8 Å². The van der Waals surface area contributed by atoms with Crippen LogP contribution in [0.4, 0.5) is 0 Å². The van der Waals surface area contributed by atoms with E-state index in [0.717, 1.165) is 73.9 Å². The number of aromatic amines is 1. The summed E-state index contributed by atoms with van der Waals surface area (Å²) in [5, 5.41) is 12.1. The molecule has 0 atom stereocenters. The molecule has 2 aromatic heterocycles. The summed E-state index contributed by atoms with van der Waals surface area (Å²) in [6.45, 7) is 4.19. The van der Waals surface area contributed by atoms with E-state index in [1.165, 1.54) is 0 Å². The van der Waals surface area contributed by atoms with Crippen molar-refractivity contribution in [1.82, 2.24) is 30.0 Å². The van der Waals surface area contributed by atoms with Gasteiger partial charge in [-0.05, 0) is 18.4 Å². The molecular formula is C21H25ClN6O. The van der Waals surface area contributed by atoms with Crippen molar-refractivity contribution in [3.05, 3.63) is 59.9 Å². The third-order valence-corrected chi connectivity index (χ3v) is 5.86. The van der Waals surface area contributed by atoms with Crippen molar-refractivity contribution in [1.29, 1.82) is 0 Å². The first-order valence-corrected chi connectivity index (χ1v) is 9.95. The molecule has 1 aromatic carbocycles. The predicted octanol–water partition coefficient (Wildman–Crippen LogP) is 2.82. The van der Waals surface area contributed by atoms with E-state index in [4.69, 9.17) is 0 Å². The third-order valence-electron chi connectivity index (χ3n) is 5.86. The van der Waals surface area contributed by atoms with Crippen LogP contribution in [-0.4, -0.2) is 50.2 Å². The van der Waals surface area contributed by atoms with Crippen LogP contribution in [0.2, 0.25) is 0 Å². The molecule has 1 saturated heterocycles. The standard InChI is InChI=1S/C21H24N6O.ClH/c28-21(18-13-23-12-17(18)15-4-2-1-3-5-15)26-9-6-16(7-10-26)20-25-24-19-14-22-8-11-27(19)20;/h1-5,12-13,16,22-23H,6-11,14H2;1H. The van der Waals surface area contributed by atoms with Gasteiger partial charge >= 0.3 is 0 Å². The van der Waals surface area contributed by atoms with Gasteiger partial charge < -0.3 is 19.8 Å². The number of fused-ring (bicyclic) bond motifs is 1. The van der Waals surface area contributed by atoms with E-state index in [9.17, 15) is 4.79 Å². The van der Waals surface area contributed by atoms with Gasteiger partial charge in [0, 0.05) is 50.1 Å². The zero-order valence-corrected chi connectivity index (χ0v) is 17.0. The summed E-state index contributed by atoms with van der Waals surface area (Å²) >= 11 is 0. The number of rotatable bonds is 3. The summed E-state index contributed by atoms with van der Waals surface area (Å²) in [5.74, 6) is 2.60. The van der Waals surface area contributed by atoms with Gasteiger partial charge in [0.05, 0.1) is 12.1 Å². The molecule has 0 aliphatic carbocycles. The van der Waals surface area contributed by atoms with Crippen molar-refractivity contribution < 1.29 is 4.79 Å². The highest BCUT2D eigenvalue weighted by Gasteiger charge is 2.30. The van der Waals surface area contributed by atoms with E-state index in [0.29, 0.717) is 5.92 Å². The van der Waals surface area contributed by atoms with Crippen LogP contribution in [0.1, 0.15) is 40.8 Å². The van der Waals surface area contributed by atoms with Crippen LogP contribution in [0.15, 0.2) is 42.7 Å². The van der Waals surface area contributed by atoms with Gasteiger partial charge in [-0.15, -0.1) is 22.6 Å². The monoisotopic (exact) mass is 412 g/mol. The van der Waals surface area contributed by atoms with Gasteiger partial charge in [-0.3, -0.25) is 4.79 Å². The van der Waals surface area contributed by atoms with Gasteiger partial charge in [-0.1, -0.05) is 30.3 Å². The molecule has 0 radical (unpaired) electrons. The van der Waals surface area contributed by atoms with E-state index in [-0.39, 0.29) is 18.3 Å². The van der Waals surface area contributed by atoms with E-state index >= 15 is 0 Å². The molecule has 1 fully saturated rings. The quantitative estimate of drug-likeness (QED) is 0.693. The van der Waals surface area contributed by atoms with Gasteiger partial charge in [0.2, 0.25) is 0 Å². The average molecular weight is 413 g/mol.